The Kier molecular flexibility index (Phi) is 13.5. The van der Waals surface area contributed by atoms with Gasteiger partial charge in [0.1, 0.15) is 12.2 Å². The Morgan fingerprint density at radius 1 is 0.478 bits per heavy atom. The van der Waals surface area contributed by atoms with Crippen LogP contribution in [0.1, 0.15) is 129 Å². The lowest BCUT2D eigenvalue weighted by atomic mass is 9.97. The van der Waals surface area contributed by atoms with Crippen LogP contribution in [-0.2, 0) is 22.1 Å². The summed E-state index contributed by atoms with van der Waals surface area (Å²) in [6.07, 6.45) is 5.41. The number of pyridine rings is 2. The number of aliphatic hydroxyl groups excluding tert-OH is 2. The van der Waals surface area contributed by atoms with Crippen LogP contribution < -0.4 is 0 Å². The van der Waals surface area contributed by atoms with Gasteiger partial charge in [-0.2, -0.15) is 0 Å². The third-order valence-electron chi connectivity index (χ3n) is 10.2. The number of hydrogen-bond donors (Lipinski definition) is 2. The third-order valence-corrected chi connectivity index (χ3v) is 22.3. The zero-order valence-corrected chi connectivity index (χ0v) is 32.4. The minimum atomic E-state index is -2.02. The Hall–Kier alpha value is -2.21. The molecule has 0 aliphatic carbocycles. The molecule has 3 rings (SSSR count). The molecule has 2 aromatic heterocycles. The molecule has 2 atom stereocenters. The van der Waals surface area contributed by atoms with Gasteiger partial charge in [0.15, 0.2) is 0 Å². The molecule has 0 spiro atoms. The Bertz CT molecular complexity index is 1230. The summed E-state index contributed by atoms with van der Waals surface area (Å²) >= 11 is 0. The monoisotopic (exact) mass is 664 g/mol. The molecule has 1 aromatic carbocycles. The molecule has 0 radical (unpaired) electrons. The van der Waals surface area contributed by atoms with Crippen LogP contribution in [0.2, 0.25) is 33.2 Å². The molecule has 2 heterocycles. The highest BCUT2D eigenvalue weighted by Gasteiger charge is 2.46. The van der Waals surface area contributed by atoms with Crippen LogP contribution in [0.4, 0.5) is 0 Å². The molecular weight excluding hydrogens is 605 g/mol. The number of benzene rings is 1. The maximum absolute atomic E-state index is 11.3. The minimum absolute atomic E-state index is 0.493. The molecule has 0 aliphatic heterocycles. The number of aromatic nitrogens is 2. The second-order valence-corrected chi connectivity index (χ2v) is 25.9. The second-order valence-electron chi connectivity index (χ2n) is 14.9. The van der Waals surface area contributed by atoms with Crippen LogP contribution in [0.25, 0.3) is 0 Å². The normalized spacial score (nSPS) is 14.3. The first kappa shape index (κ1) is 38.2. The Labute approximate surface area is 281 Å². The van der Waals surface area contributed by atoms with E-state index in [1.807, 2.05) is 48.8 Å². The van der Waals surface area contributed by atoms with E-state index in [9.17, 15) is 10.2 Å². The van der Waals surface area contributed by atoms with Crippen molar-refractivity contribution in [2.24, 2.45) is 0 Å². The first-order valence-electron chi connectivity index (χ1n) is 17.2. The van der Waals surface area contributed by atoms with Crippen molar-refractivity contribution in [3.8, 4) is 0 Å². The molecule has 0 amide bonds. The molecule has 0 saturated carbocycles. The van der Waals surface area contributed by atoms with E-state index < -0.39 is 28.8 Å². The van der Waals surface area contributed by atoms with Crippen LogP contribution in [0.3, 0.4) is 0 Å². The van der Waals surface area contributed by atoms with E-state index in [0.29, 0.717) is 46.5 Å². The first-order chi connectivity index (χ1) is 21.6. The van der Waals surface area contributed by atoms with Crippen LogP contribution >= 0.6 is 0 Å². The highest BCUT2D eigenvalue weighted by molar-refractivity contribution is 6.78. The minimum Gasteiger partial charge on any atom is -0.412 e. The zero-order chi connectivity index (χ0) is 34.4. The molecule has 0 bridgehead atoms. The summed E-state index contributed by atoms with van der Waals surface area (Å²) in [5.41, 5.74) is 7.83. The smallest absolute Gasteiger partial charge is 0.200 e. The number of rotatable bonds is 16. The van der Waals surface area contributed by atoms with Crippen LogP contribution in [0, 0.1) is 0 Å². The molecule has 0 saturated heterocycles. The molecule has 2 unspecified atom stereocenters. The molecule has 2 N–H and O–H groups in total. The standard InChI is InChI=1S/C38H60N2O4Si2/c1-25(2)45(26(3)4,27(5)6)43-23-31-17-35(21-39-19-31)37(41)33-13-15-34(16-14-33)38(42)36-18-32(20-40-22-36)24-44-46(28(7)8,29(9)10)30(11)12/h13-22,25-30,37-38,41-42H,23-24H2,1-12H3. The fraction of sp³-hybridized carbons (Fsp3) is 0.579. The molecule has 0 aliphatic rings. The van der Waals surface area contributed by atoms with Gasteiger partial charge in [-0.15, -0.1) is 0 Å². The summed E-state index contributed by atoms with van der Waals surface area (Å²) in [6.45, 7) is 28.4. The van der Waals surface area contributed by atoms with Crippen molar-refractivity contribution in [3.05, 3.63) is 94.6 Å². The predicted molar refractivity (Wildman–Crippen MR) is 195 cm³/mol. The first-order valence-corrected chi connectivity index (χ1v) is 21.5. The van der Waals surface area contributed by atoms with Crippen molar-refractivity contribution in [1.82, 2.24) is 9.97 Å². The number of aliphatic hydroxyl groups is 2. The van der Waals surface area contributed by atoms with Gasteiger partial charge in [-0.1, -0.05) is 107 Å². The maximum atomic E-state index is 11.3. The maximum Gasteiger partial charge on any atom is 0.200 e. The van der Waals surface area contributed by atoms with E-state index in [1.165, 1.54) is 0 Å². The van der Waals surface area contributed by atoms with Gasteiger partial charge in [0, 0.05) is 35.9 Å². The van der Waals surface area contributed by atoms with Gasteiger partial charge in [0.2, 0.25) is 16.6 Å². The summed E-state index contributed by atoms with van der Waals surface area (Å²) in [4.78, 5) is 8.88. The molecule has 254 valence electrons. The molecule has 8 heteroatoms. The van der Waals surface area contributed by atoms with Crippen molar-refractivity contribution >= 4 is 16.6 Å². The summed E-state index contributed by atoms with van der Waals surface area (Å²) in [5.74, 6) is 0. The Balaban J connectivity index is 1.74. The van der Waals surface area contributed by atoms with E-state index >= 15 is 0 Å². The van der Waals surface area contributed by atoms with Crippen molar-refractivity contribution in [3.63, 3.8) is 0 Å². The largest absolute Gasteiger partial charge is 0.412 e. The van der Waals surface area contributed by atoms with E-state index in [-0.39, 0.29) is 0 Å². The van der Waals surface area contributed by atoms with Crippen LogP contribution in [0.15, 0.2) is 61.2 Å². The van der Waals surface area contributed by atoms with Gasteiger partial charge in [-0.05, 0) is 67.6 Å². The lowest BCUT2D eigenvalue weighted by Gasteiger charge is -2.42. The summed E-state index contributed by atoms with van der Waals surface area (Å²) < 4.78 is 13.5. The highest BCUT2D eigenvalue weighted by atomic mass is 28.4. The van der Waals surface area contributed by atoms with Crippen LogP contribution in [-0.4, -0.2) is 36.8 Å². The highest BCUT2D eigenvalue weighted by Crippen LogP contribution is 2.44. The summed E-state index contributed by atoms with van der Waals surface area (Å²) in [6, 6.07) is 11.5. The average molecular weight is 665 g/mol. The van der Waals surface area contributed by atoms with Gasteiger partial charge in [-0.3, -0.25) is 9.97 Å². The number of nitrogens with zero attached hydrogens (tertiary/aromatic N) is 2. The Morgan fingerprint density at radius 3 is 1.02 bits per heavy atom. The number of hydrogen-bond acceptors (Lipinski definition) is 6. The summed E-state index contributed by atoms with van der Waals surface area (Å²) in [7, 11) is -4.04. The van der Waals surface area contributed by atoms with Gasteiger partial charge in [0.05, 0.1) is 13.2 Å². The van der Waals surface area contributed by atoms with E-state index in [1.54, 1.807) is 12.4 Å². The van der Waals surface area contributed by atoms with Crippen molar-refractivity contribution in [1.29, 1.82) is 0 Å². The van der Waals surface area contributed by atoms with Crippen molar-refractivity contribution in [2.45, 2.75) is 142 Å². The lowest BCUT2D eigenvalue weighted by molar-refractivity contribution is 0.215. The van der Waals surface area contributed by atoms with E-state index in [4.69, 9.17) is 8.85 Å². The predicted octanol–water partition coefficient (Wildman–Crippen LogP) is 10.0. The summed E-state index contributed by atoms with van der Waals surface area (Å²) in [5, 5.41) is 22.6. The van der Waals surface area contributed by atoms with Crippen molar-refractivity contribution in [2.75, 3.05) is 0 Å². The van der Waals surface area contributed by atoms with Gasteiger partial charge in [0.25, 0.3) is 0 Å². The van der Waals surface area contributed by atoms with Crippen LogP contribution in [0.5, 0.6) is 0 Å². The quantitative estimate of drug-likeness (QED) is 0.148. The van der Waals surface area contributed by atoms with Crippen molar-refractivity contribution < 1.29 is 19.1 Å². The van der Waals surface area contributed by atoms with Gasteiger partial charge < -0.3 is 19.1 Å². The fourth-order valence-corrected chi connectivity index (χ4v) is 19.0. The molecule has 46 heavy (non-hydrogen) atoms. The molecular formula is C38H60N2O4Si2. The Morgan fingerprint density at radius 2 is 0.761 bits per heavy atom. The van der Waals surface area contributed by atoms with E-state index in [2.05, 4.69) is 93.1 Å². The zero-order valence-electron chi connectivity index (χ0n) is 30.4. The SMILES string of the molecule is CC(C)[Si](OCc1cncc(C(O)c2ccc(C(O)c3cncc(CO[Si](C(C)C)(C(C)C)C(C)C)c3)cc2)c1)(C(C)C)C(C)C. The second kappa shape index (κ2) is 16.3. The van der Waals surface area contributed by atoms with E-state index in [0.717, 1.165) is 33.4 Å². The van der Waals surface area contributed by atoms with Gasteiger partial charge in [-0.25, -0.2) is 0 Å². The average Bonchev–Trinajstić information content (AvgIpc) is 3.00. The lowest BCUT2D eigenvalue weighted by Crippen LogP contribution is -2.47. The molecule has 0 fully saturated rings. The molecule has 6 nitrogen and oxygen atoms in total. The third kappa shape index (κ3) is 8.25. The fourth-order valence-electron chi connectivity index (χ4n) is 8.13. The van der Waals surface area contributed by atoms with Gasteiger partial charge >= 0.3 is 0 Å². The topological polar surface area (TPSA) is 84.7 Å². The molecule has 3 aromatic rings.